The minimum atomic E-state index is -0.757. The fraction of sp³-hybridized carbons (Fsp3) is 0.273. The number of nitrogens with one attached hydrogen (secondary N) is 1. The van der Waals surface area contributed by atoms with Crippen LogP contribution in [0.4, 0.5) is 0 Å². The maximum atomic E-state index is 13.1. The molecule has 0 saturated heterocycles. The Balaban J connectivity index is 2.10. The number of hydrogen-bond acceptors (Lipinski definition) is 5. The summed E-state index contributed by atoms with van der Waals surface area (Å²) in [4.78, 5) is 38.8. The number of ether oxygens (including phenoxy) is 1. The van der Waals surface area contributed by atoms with Crippen molar-refractivity contribution in [1.82, 2.24) is 19.7 Å². The summed E-state index contributed by atoms with van der Waals surface area (Å²) in [5.41, 5.74) is 0.137. The van der Waals surface area contributed by atoms with Gasteiger partial charge in [-0.1, -0.05) is 48.0 Å². The van der Waals surface area contributed by atoms with E-state index in [2.05, 4.69) is 10.4 Å². The number of amides is 1. The molecule has 2 aromatic carbocycles. The molecule has 0 fully saturated rings. The molecule has 0 spiro atoms. The van der Waals surface area contributed by atoms with Gasteiger partial charge in [0.05, 0.1) is 12.2 Å². The second-order valence-corrected chi connectivity index (χ2v) is 7.36. The minimum absolute atomic E-state index is 0.00454. The molecule has 1 amide bonds. The average Bonchev–Trinajstić information content (AvgIpc) is 2.77. The number of methoxy groups -OCH3 is 1. The number of nitrogens with zero attached hydrogens (tertiary/aromatic N) is 3. The van der Waals surface area contributed by atoms with Crippen molar-refractivity contribution in [2.75, 3.05) is 20.3 Å². The van der Waals surface area contributed by atoms with Crippen molar-refractivity contribution < 1.29 is 9.53 Å². The first-order valence-electron chi connectivity index (χ1n) is 9.74. The Morgan fingerprint density at radius 3 is 2.58 bits per heavy atom. The summed E-state index contributed by atoms with van der Waals surface area (Å²) in [6.45, 7) is 2.61. The molecule has 3 aromatic rings. The van der Waals surface area contributed by atoms with Crippen LogP contribution >= 0.6 is 11.6 Å². The van der Waals surface area contributed by atoms with Gasteiger partial charge in [0, 0.05) is 25.3 Å². The van der Waals surface area contributed by atoms with Crippen molar-refractivity contribution in [2.24, 2.45) is 0 Å². The molecule has 1 aromatic heterocycles. The average molecular weight is 443 g/mol. The Kier molecular flexibility index (Phi) is 7.38. The third kappa shape index (κ3) is 5.28. The summed E-state index contributed by atoms with van der Waals surface area (Å²) < 4.78 is 6.99. The van der Waals surface area contributed by atoms with E-state index in [-0.39, 0.29) is 12.2 Å². The number of benzene rings is 2. The summed E-state index contributed by atoms with van der Waals surface area (Å²) in [5.74, 6) is -0.658. The van der Waals surface area contributed by atoms with E-state index in [0.717, 1.165) is 20.4 Å². The highest BCUT2D eigenvalue weighted by Gasteiger charge is 2.20. The highest BCUT2D eigenvalue weighted by atomic mass is 35.5. The van der Waals surface area contributed by atoms with E-state index in [1.165, 1.54) is 0 Å². The first-order chi connectivity index (χ1) is 14.9. The highest BCUT2D eigenvalue weighted by molar-refractivity contribution is 6.31. The topological polar surface area (TPSA) is 95.2 Å². The standard InChI is InChI=1S/C22H23ClN4O4/c1-15-9-10-17(13-18(15)23)27-22(30)26(14-16-7-4-3-5-8-16)21(29)19(25-27)20(28)24-11-6-12-31-2/h3-5,7-10,13H,6,11-12,14H2,1-2H3,(H,24,28). The third-order valence-electron chi connectivity index (χ3n) is 4.67. The van der Waals surface area contributed by atoms with Gasteiger partial charge in [-0.2, -0.15) is 9.78 Å². The summed E-state index contributed by atoms with van der Waals surface area (Å²) in [6.07, 6.45) is 0.577. The Hall–Kier alpha value is -3.23. The first kappa shape index (κ1) is 22.5. The van der Waals surface area contributed by atoms with Crippen LogP contribution in [0.2, 0.25) is 5.02 Å². The number of rotatable bonds is 8. The van der Waals surface area contributed by atoms with Gasteiger partial charge in [0.25, 0.3) is 11.5 Å². The summed E-state index contributed by atoms with van der Waals surface area (Å²) in [7, 11) is 1.56. The van der Waals surface area contributed by atoms with Gasteiger partial charge >= 0.3 is 5.69 Å². The van der Waals surface area contributed by atoms with Gasteiger partial charge in [-0.3, -0.25) is 14.2 Å². The van der Waals surface area contributed by atoms with Gasteiger partial charge < -0.3 is 10.1 Å². The molecule has 0 aliphatic carbocycles. The van der Waals surface area contributed by atoms with Crippen molar-refractivity contribution in [3.8, 4) is 5.69 Å². The van der Waals surface area contributed by atoms with Crippen LogP contribution in [0.25, 0.3) is 5.69 Å². The molecule has 162 valence electrons. The van der Waals surface area contributed by atoms with Crippen LogP contribution in [0.5, 0.6) is 0 Å². The van der Waals surface area contributed by atoms with Crippen LogP contribution in [0.15, 0.2) is 58.1 Å². The SMILES string of the molecule is COCCCNC(=O)c1nn(-c2ccc(C)c(Cl)c2)c(=O)n(Cc2ccccc2)c1=O. The van der Waals surface area contributed by atoms with Crippen molar-refractivity contribution in [1.29, 1.82) is 0 Å². The zero-order valence-corrected chi connectivity index (χ0v) is 18.1. The minimum Gasteiger partial charge on any atom is -0.385 e. The van der Waals surface area contributed by atoms with Crippen LogP contribution in [0.1, 0.15) is 28.0 Å². The van der Waals surface area contributed by atoms with Crippen LogP contribution in [-0.2, 0) is 11.3 Å². The fourth-order valence-electron chi connectivity index (χ4n) is 2.95. The van der Waals surface area contributed by atoms with Crippen molar-refractivity contribution in [3.63, 3.8) is 0 Å². The highest BCUT2D eigenvalue weighted by Crippen LogP contribution is 2.18. The molecule has 0 saturated carbocycles. The lowest BCUT2D eigenvalue weighted by Gasteiger charge is -2.13. The van der Waals surface area contributed by atoms with Crippen molar-refractivity contribution in [3.05, 3.63) is 91.2 Å². The maximum Gasteiger partial charge on any atom is 0.352 e. The number of halogens is 1. The van der Waals surface area contributed by atoms with E-state index in [1.54, 1.807) is 37.4 Å². The number of carbonyl (C=O) groups is 1. The molecule has 3 rings (SSSR count). The van der Waals surface area contributed by atoms with Crippen LogP contribution in [0.3, 0.4) is 0 Å². The van der Waals surface area contributed by atoms with E-state index >= 15 is 0 Å². The molecule has 8 nitrogen and oxygen atoms in total. The number of aryl methyl sites for hydroxylation is 1. The molecule has 1 N–H and O–H groups in total. The normalized spacial score (nSPS) is 10.8. The van der Waals surface area contributed by atoms with Gasteiger partial charge in [-0.05, 0) is 36.6 Å². The van der Waals surface area contributed by atoms with E-state index in [9.17, 15) is 14.4 Å². The van der Waals surface area contributed by atoms with Gasteiger partial charge in [0.2, 0.25) is 5.69 Å². The van der Waals surface area contributed by atoms with Gasteiger partial charge in [0.1, 0.15) is 0 Å². The molecular formula is C22H23ClN4O4. The van der Waals surface area contributed by atoms with Crippen LogP contribution in [0, 0.1) is 6.92 Å². The molecule has 9 heteroatoms. The molecule has 0 aliphatic rings. The molecule has 0 unspecified atom stereocenters. The largest absolute Gasteiger partial charge is 0.385 e. The second kappa shape index (κ2) is 10.2. The summed E-state index contributed by atoms with van der Waals surface area (Å²) in [5, 5.41) is 7.17. The molecule has 31 heavy (non-hydrogen) atoms. The monoisotopic (exact) mass is 442 g/mol. The fourth-order valence-corrected chi connectivity index (χ4v) is 3.12. The number of hydrogen-bond donors (Lipinski definition) is 1. The second-order valence-electron chi connectivity index (χ2n) is 6.96. The molecular weight excluding hydrogens is 420 g/mol. The summed E-state index contributed by atoms with van der Waals surface area (Å²) >= 11 is 6.21. The summed E-state index contributed by atoms with van der Waals surface area (Å²) in [6, 6.07) is 14.0. The zero-order chi connectivity index (χ0) is 22.4. The lowest BCUT2D eigenvalue weighted by Crippen LogP contribution is -2.46. The van der Waals surface area contributed by atoms with Crippen LogP contribution < -0.4 is 16.6 Å². The van der Waals surface area contributed by atoms with Gasteiger partial charge in [-0.25, -0.2) is 4.79 Å². The third-order valence-corrected chi connectivity index (χ3v) is 5.08. The Morgan fingerprint density at radius 1 is 1.16 bits per heavy atom. The first-order valence-corrected chi connectivity index (χ1v) is 10.1. The smallest absolute Gasteiger partial charge is 0.352 e. The Morgan fingerprint density at radius 2 is 1.90 bits per heavy atom. The Labute approximate surface area is 184 Å². The lowest BCUT2D eigenvalue weighted by molar-refractivity contribution is 0.0938. The van der Waals surface area contributed by atoms with E-state index < -0.39 is 17.2 Å². The molecule has 1 heterocycles. The Bertz CT molecular complexity index is 1190. The van der Waals surface area contributed by atoms with Gasteiger partial charge in [0.15, 0.2) is 0 Å². The van der Waals surface area contributed by atoms with E-state index in [1.807, 2.05) is 25.1 Å². The maximum absolute atomic E-state index is 13.1. The molecule has 0 radical (unpaired) electrons. The zero-order valence-electron chi connectivity index (χ0n) is 17.3. The molecule has 0 aliphatic heterocycles. The van der Waals surface area contributed by atoms with Crippen molar-refractivity contribution in [2.45, 2.75) is 19.9 Å². The lowest BCUT2D eigenvalue weighted by atomic mass is 10.2. The van der Waals surface area contributed by atoms with Crippen molar-refractivity contribution >= 4 is 17.5 Å². The molecule has 0 atom stereocenters. The van der Waals surface area contributed by atoms with E-state index in [0.29, 0.717) is 30.3 Å². The molecule has 0 bridgehead atoms. The predicted octanol–water partition coefficient (Wildman–Crippen LogP) is 2.17. The number of aromatic nitrogens is 3. The number of carbonyl (C=O) groups excluding carboxylic acids is 1. The van der Waals surface area contributed by atoms with Gasteiger partial charge in [-0.15, -0.1) is 0 Å². The predicted molar refractivity (Wildman–Crippen MR) is 118 cm³/mol. The van der Waals surface area contributed by atoms with E-state index in [4.69, 9.17) is 16.3 Å². The van der Waals surface area contributed by atoms with Crippen LogP contribution in [-0.4, -0.2) is 40.5 Å². The quantitative estimate of drug-likeness (QED) is 0.539.